The van der Waals surface area contributed by atoms with Gasteiger partial charge in [0, 0.05) is 12.3 Å². The zero-order valence-corrected chi connectivity index (χ0v) is 12.2. The maximum Gasteiger partial charge on any atom is 0.307 e. The standard InChI is InChI=1S/C12H14F2N2O4S/c1-12(18,6-21-2)5-15-11(17)7-3-9(14)10(16(19)20)4-8(7)13/h3-4,18H,5-6H2,1-2H3,(H,15,17). The molecule has 0 bridgehead atoms. The molecule has 0 heterocycles. The van der Waals surface area contributed by atoms with Gasteiger partial charge in [-0.25, -0.2) is 4.39 Å². The highest BCUT2D eigenvalue weighted by Gasteiger charge is 2.24. The van der Waals surface area contributed by atoms with Gasteiger partial charge >= 0.3 is 5.69 Å². The number of nitro benzene ring substituents is 1. The van der Waals surface area contributed by atoms with E-state index in [2.05, 4.69) is 5.32 Å². The van der Waals surface area contributed by atoms with Gasteiger partial charge in [-0.2, -0.15) is 16.2 Å². The number of hydrogen-bond donors (Lipinski definition) is 2. The van der Waals surface area contributed by atoms with Crippen LogP contribution in [-0.4, -0.2) is 40.1 Å². The largest absolute Gasteiger partial charge is 0.387 e. The monoisotopic (exact) mass is 320 g/mol. The van der Waals surface area contributed by atoms with Crippen molar-refractivity contribution in [3.63, 3.8) is 0 Å². The Labute approximate surface area is 123 Å². The van der Waals surface area contributed by atoms with Crippen molar-refractivity contribution in [1.29, 1.82) is 0 Å². The number of aliphatic hydroxyl groups is 1. The summed E-state index contributed by atoms with van der Waals surface area (Å²) in [5.41, 5.74) is -2.90. The van der Waals surface area contributed by atoms with E-state index in [1.807, 2.05) is 0 Å². The SMILES string of the molecule is CSCC(C)(O)CNC(=O)c1cc(F)c([N+](=O)[O-])cc1F. The molecule has 2 N–H and O–H groups in total. The number of hydrogen-bond acceptors (Lipinski definition) is 5. The predicted molar refractivity (Wildman–Crippen MR) is 74.4 cm³/mol. The minimum Gasteiger partial charge on any atom is -0.387 e. The number of nitro groups is 1. The molecule has 6 nitrogen and oxygen atoms in total. The number of rotatable bonds is 6. The van der Waals surface area contributed by atoms with Crippen molar-refractivity contribution in [1.82, 2.24) is 5.32 Å². The smallest absolute Gasteiger partial charge is 0.307 e. The number of carbonyl (C=O) groups excluding carboxylic acids is 1. The summed E-state index contributed by atoms with van der Waals surface area (Å²) in [7, 11) is 0. The van der Waals surface area contributed by atoms with Gasteiger partial charge in [0.2, 0.25) is 5.82 Å². The summed E-state index contributed by atoms with van der Waals surface area (Å²) >= 11 is 1.36. The number of halogens is 2. The number of nitrogens with one attached hydrogen (secondary N) is 1. The van der Waals surface area contributed by atoms with Gasteiger partial charge in [0.05, 0.1) is 22.2 Å². The summed E-state index contributed by atoms with van der Waals surface area (Å²) in [5, 5.41) is 22.6. The van der Waals surface area contributed by atoms with E-state index in [0.717, 1.165) is 0 Å². The van der Waals surface area contributed by atoms with Gasteiger partial charge in [0.25, 0.3) is 5.91 Å². The van der Waals surface area contributed by atoms with Crippen molar-refractivity contribution < 1.29 is 23.6 Å². The van der Waals surface area contributed by atoms with E-state index in [-0.39, 0.29) is 6.54 Å². The van der Waals surface area contributed by atoms with E-state index in [4.69, 9.17) is 0 Å². The van der Waals surface area contributed by atoms with Gasteiger partial charge in [-0.1, -0.05) is 0 Å². The van der Waals surface area contributed by atoms with Crippen molar-refractivity contribution in [3.05, 3.63) is 39.4 Å². The van der Waals surface area contributed by atoms with Crippen LogP contribution in [0.1, 0.15) is 17.3 Å². The molecule has 0 aliphatic heterocycles. The highest BCUT2D eigenvalue weighted by Crippen LogP contribution is 2.21. The Kier molecular flexibility index (Phi) is 5.62. The lowest BCUT2D eigenvalue weighted by atomic mass is 10.1. The third kappa shape index (κ3) is 4.64. The van der Waals surface area contributed by atoms with Crippen LogP contribution in [-0.2, 0) is 0 Å². The molecule has 21 heavy (non-hydrogen) atoms. The fraction of sp³-hybridized carbons (Fsp3) is 0.417. The molecule has 0 fully saturated rings. The predicted octanol–water partition coefficient (Wildman–Crippen LogP) is 1.72. The van der Waals surface area contributed by atoms with Crippen LogP contribution >= 0.6 is 11.8 Å². The van der Waals surface area contributed by atoms with Crippen molar-refractivity contribution in [2.24, 2.45) is 0 Å². The molecule has 1 amide bonds. The Morgan fingerprint density at radius 2 is 2.10 bits per heavy atom. The maximum absolute atomic E-state index is 13.6. The molecule has 0 spiro atoms. The van der Waals surface area contributed by atoms with Crippen LogP contribution in [0.15, 0.2) is 12.1 Å². The number of carbonyl (C=O) groups is 1. The Morgan fingerprint density at radius 1 is 1.48 bits per heavy atom. The third-order valence-electron chi connectivity index (χ3n) is 2.56. The normalized spacial score (nSPS) is 13.6. The Balaban J connectivity index is 2.89. The Bertz CT molecular complexity index is 566. The van der Waals surface area contributed by atoms with Crippen LogP contribution in [0.25, 0.3) is 0 Å². The van der Waals surface area contributed by atoms with E-state index in [1.54, 1.807) is 6.26 Å². The first kappa shape index (κ1) is 17.3. The first-order valence-corrected chi connectivity index (χ1v) is 7.20. The van der Waals surface area contributed by atoms with Crippen molar-refractivity contribution in [3.8, 4) is 0 Å². The molecule has 0 aliphatic carbocycles. The third-order valence-corrected chi connectivity index (χ3v) is 3.47. The highest BCUT2D eigenvalue weighted by molar-refractivity contribution is 7.98. The summed E-state index contributed by atoms with van der Waals surface area (Å²) < 4.78 is 27.0. The van der Waals surface area contributed by atoms with E-state index in [1.165, 1.54) is 18.7 Å². The summed E-state index contributed by atoms with van der Waals surface area (Å²) in [5.74, 6) is -3.13. The lowest BCUT2D eigenvalue weighted by molar-refractivity contribution is -0.387. The Morgan fingerprint density at radius 3 is 2.62 bits per heavy atom. The van der Waals surface area contributed by atoms with E-state index in [0.29, 0.717) is 17.9 Å². The molecular weight excluding hydrogens is 306 g/mol. The molecule has 1 aromatic rings. The minimum atomic E-state index is -1.30. The zero-order valence-electron chi connectivity index (χ0n) is 11.4. The molecule has 0 saturated heterocycles. The summed E-state index contributed by atoms with van der Waals surface area (Å²) in [6.45, 7) is 1.32. The molecule has 1 aromatic carbocycles. The maximum atomic E-state index is 13.6. The molecule has 0 aliphatic rings. The molecule has 0 saturated carbocycles. The summed E-state index contributed by atoms with van der Waals surface area (Å²) in [6.07, 6.45) is 1.77. The van der Waals surface area contributed by atoms with Crippen LogP contribution in [0.3, 0.4) is 0 Å². The fourth-order valence-corrected chi connectivity index (χ4v) is 2.30. The second kappa shape index (κ2) is 6.81. The minimum absolute atomic E-state index is 0.162. The number of benzene rings is 1. The molecule has 1 atom stereocenters. The van der Waals surface area contributed by atoms with Gasteiger partial charge < -0.3 is 10.4 Å². The van der Waals surface area contributed by atoms with Crippen LogP contribution in [0, 0.1) is 21.7 Å². The molecule has 1 rings (SSSR count). The van der Waals surface area contributed by atoms with Crippen LogP contribution in [0.4, 0.5) is 14.5 Å². The van der Waals surface area contributed by atoms with Crippen molar-refractivity contribution in [2.45, 2.75) is 12.5 Å². The summed E-state index contributed by atoms with van der Waals surface area (Å²) in [4.78, 5) is 21.1. The average Bonchev–Trinajstić information content (AvgIpc) is 2.38. The van der Waals surface area contributed by atoms with Gasteiger partial charge in [-0.05, 0) is 19.2 Å². The lowest BCUT2D eigenvalue weighted by Crippen LogP contribution is -2.42. The number of thioether (sulfide) groups is 1. The highest BCUT2D eigenvalue weighted by atomic mass is 32.2. The van der Waals surface area contributed by atoms with Crippen LogP contribution in [0.5, 0.6) is 0 Å². The quantitative estimate of drug-likeness (QED) is 0.615. The van der Waals surface area contributed by atoms with Gasteiger partial charge in [0.15, 0.2) is 0 Å². The molecule has 9 heteroatoms. The first-order valence-electron chi connectivity index (χ1n) is 5.81. The van der Waals surface area contributed by atoms with E-state index in [9.17, 15) is 28.8 Å². The van der Waals surface area contributed by atoms with Gasteiger partial charge in [-0.3, -0.25) is 14.9 Å². The van der Waals surface area contributed by atoms with E-state index < -0.39 is 39.3 Å². The number of amides is 1. The lowest BCUT2D eigenvalue weighted by Gasteiger charge is -2.22. The second-order valence-corrected chi connectivity index (χ2v) is 5.52. The second-order valence-electron chi connectivity index (χ2n) is 4.65. The molecule has 116 valence electrons. The summed E-state index contributed by atoms with van der Waals surface area (Å²) in [6, 6.07) is 0.816. The van der Waals surface area contributed by atoms with Gasteiger partial charge in [0.1, 0.15) is 5.82 Å². The van der Waals surface area contributed by atoms with Gasteiger partial charge in [-0.15, -0.1) is 0 Å². The van der Waals surface area contributed by atoms with Crippen molar-refractivity contribution in [2.75, 3.05) is 18.6 Å². The van der Waals surface area contributed by atoms with Crippen LogP contribution < -0.4 is 5.32 Å². The Hall–Kier alpha value is -1.74. The molecule has 1 unspecified atom stereocenters. The van der Waals surface area contributed by atoms with E-state index >= 15 is 0 Å². The average molecular weight is 320 g/mol. The molecular formula is C12H14F2N2O4S. The molecule has 0 aromatic heterocycles. The number of nitrogens with zero attached hydrogens (tertiary/aromatic N) is 1. The van der Waals surface area contributed by atoms with Crippen LogP contribution in [0.2, 0.25) is 0 Å². The molecule has 0 radical (unpaired) electrons. The zero-order chi connectivity index (χ0) is 16.2. The fourth-order valence-electron chi connectivity index (χ4n) is 1.58. The first-order chi connectivity index (χ1) is 9.68. The topological polar surface area (TPSA) is 92.5 Å². The van der Waals surface area contributed by atoms with Crippen molar-refractivity contribution >= 4 is 23.4 Å².